The fourth-order valence-electron chi connectivity index (χ4n) is 3.42. The second kappa shape index (κ2) is 7.20. The molecule has 2 aromatic carbocycles. The van der Waals surface area contributed by atoms with Crippen molar-refractivity contribution < 1.29 is 9.47 Å². The zero-order chi connectivity index (χ0) is 17.9. The van der Waals surface area contributed by atoms with E-state index in [1.807, 2.05) is 47.0 Å². The molecular formula is C21H22N2O3. The van der Waals surface area contributed by atoms with Gasteiger partial charge in [0.2, 0.25) is 0 Å². The molecule has 0 atom stereocenters. The van der Waals surface area contributed by atoms with Crippen LogP contribution in [0.15, 0.2) is 47.3 Å². The predicted molar refractivity (Wildman–Crippen MR) is 101 cm³/mol. The van der Waals surface area contributed by atoms with Crippen LogP contribution in [0.25, 0.3) is 10.9 Å². The molecule has 0 spiro atoms. The van der Waals surface area contributed by atoms with Gasteiger partial charge in [0.05, 0.1) is 18.0 Å². The molecule has 0 saturated carbocycles. The van der Waals surface area contributed by atoms with Crippen LogP contribution >= 0.6 is 0 Å². The van der Waals surface area contributed by atoms with Gasteiger partial charge in [0.25, 0.3) is 5.56 Å². The number of hydrogen-bond donors (Lipinski definition) is 0. The van der Waals surface area contributed by atoms with Crippen molar-refractivity contribution in [2.24, 2.45) is 0 Å². The van der Waals surface area contributed by atoms with E-state index in [1.165, 1.54) is 0 Å². The zero-order valence-corrected chi connectivity index (χ0v) is 14.9. The van der Waals surface area contributed by atoms with Crippen molar-refractivity contribution in [2.75, 3.05) is 7.11 Å². The molecule has 3 aromatic rings. The van der Waals surface area contributed by atoms with Crippen molar-refractivity contribution in [2.45, 2.75) is 38.8 Å². The summed E-state index contributed by atoms with van der Waals surface area (Å²) in [5.41, 5.74) is 1.80. The quantitative estimate of drug-likeness (QED) is 0.720. The van der Waals surface area contributed by atoms with E-state index >= 15 is 0 Å². The Morgan fingerprint density at radius 2 is 2.00 bits per heavy atom. The molecule has 4 rings (SSSR count). The van der Waals surface area contributed by atoms with E-state index in [0.717, 1.165) is 54.9 Å². The van der Waals surface area contributed by atoms with Crippen LogP contribution in [-0.4, -0.2) is 16.7 Å². The van der Waals surface area contributed by atoms with Crippen molar-refractivity contribution in [3.8, 4) is 11.5 Å². The van der Waals surface area contributed by atoms with Crippen LogP contribution in [-0.2, 0) is 19.6 Å². The SMILES string of the molecule is COc1cccc(COc2ccc3nc4n(c(=O)c3c2)CCCCC4)c1. The molecule has 1 aliphatic heterocycles. The van der Waals surface area contributed by atoms with Crippen LogP contribution in [0.2, 0.25) is 0 Å². The standard InChI is InChI=1S/C21H22N2O3/c1-25-16-7-5-6-15(12-16)14-26-17-9-10-19-18(13-17)21(24)23-11-4-2-3-8-20(23)22-19/h5-7,9-10,12-13H,2-4,8,11,14H2,1H3. The molecule has 0 radical (unpaired) electrons. The largest absolute Gasteiger partial charge is 0.497 e. The van der Waals surface area contributed by atoms with E-state index in [4.69, 9.17) is 14.5 Å². The van der Waals surface area contributed by atoms with E-state index in [2.05, 4.69) is 0 Å². The molecule has 0 fully saturated rings. The summed E-state index contributed by atoms with van der Waals surface area (Å²) in [7, 11) is 1.65. The Labute approximate surface area is 152 Å². The minimum Gasteiger partial charge on any atom is -0.497 e. The minimum absolute atomic E-state index is 0.0405. The molecule has 1 aromatic heterocycles. The Balaban J connectivity index is 1.62. The number of aryl methyl sites for hydroxylation is 1. The second-order valence-corrected chi connectivity index (χ2v) is 6.61. The van der Waals surface area contributed by atoms with Crippen molar-refractivity contribution in [3.63, 3.8) is 0 Å². The first kappa shape index (κ1) is 16.6. The van der Waals surface area contributed by atoms with Crippen molar-refractivity contribution >= 4 is 10.9 Å². The van der Waals surface area contributed by atoms with Gasteiger partial charge >= 0.3 is 0 Å². The molecule has 2 heterocycles. The van der Waals surface area contributed by atoms with Gasteiger partial charge in [0, 0.05) is 13.0 Å². The lowest BCUT2D eigenvalue weighted by molar-refractivity contribution is 0.305. The summed E-state index contributed by atoms with van der Waals surface area (Å²) in [6.45, 7) is 1.18. The highest BCUT2D eigenvalue weighted by Gasteiger charge is 2.14. The van der Waals surface area contributed by atoms with Gasteiger partial charge < -0.3 is 9.47 Å². The lowest BCUT2D eigenvalue weighted by Gasteiger charge is -2.12. The van der Waals surface area contributed by atoms with E-state index in [1.54, 1.807) is 7.11 Å². The van der Waals surface area contributed by atoms with Crippen LogP contribution < -0.4 is 15.0 Å². The molecule has 0 bridgehead atoms. The summed E-state index contributed by atoms with van der Waals surface area (Å²) in [6, 6.07) is 13.3. The maximum atomic E-state index is 12.9. The Morgan fingerprint density at radius 1 is 1.08 bits per heavy atom. The van der Waals surface area contributed by atoms with Gasteiger partial charge in [-0.3, -0.25) is 9.36 Å². The maximum Gasteiger partial charge on any atom is 0.261 e. The highest BCUT2D eigenvalue weighted by atomic mass is 16.5. The second-order valence-electron chi connectivity index (χ2n) is 6.61. The Kier molecular flexibility index (Phi) is 4.61. The van der Waals surface area contributed by atoms with Crippen molar-refractivity contribution in [1.29, 1.82) is 0 Å². The van der Waals surface area contributed by atoms with Crippen LogP contribution in [0, 0.1) is 0 Å². The lowest BCUT2D eigenvalue weighted by atomic mass is 10.2. The summed E-state index contributed by atoms with van der Waals surface area (Å²) in [5, 5.41) is 0.624. The molecule has 1 aliphatic rings. The van der Waals surface area contributed by atoms with Gasteiger partial charge in [-0.2, -0.15) is 0 Å². The van der Waals surface area contributed by atoms with Crippen LogP contribution in [0.5, 0.6) is 11.5 Å². The van der Waals surface area contributed by atoms with Crippen molar-refractivity contribution in [3.05, 3.63) is 64.2 Å². The lowest BCUT2D eigenvalue weighted by Crippen LogP contribution is -2.24. The zero-order valence-electron chi connectivity index (χ0n) is 14.9. The van der Waals surface area contributed by atoms with E-state index in [0.29, 0.717) is 17.7 Å². The highest BCUT2D eigenvalue weighted by Crippen LogP contribution is 2.21. The molecule has 5 heteroatoms. The monoisotopic (exact) mass is 350 g/mol. The summed E-state index contributed by atoms with van der Waals surface area (Å²) in [4.78, 5) is 17.6. The Hall–Kier alpha value is -2.82. The molecule has 134 valence electrons. The first-order chi connectivity index (χ1) is 12.7. The minimum atomic E-state index is 0.0405. The van der Waals surface area contributed by atoms with Gasteiger partial charge in [-0.25, -0.2) is 4.98 Å². The first-order valence-corrected chi connectivity index (χ1v) is 9.04. The topological polar surface area (TPSA) is 53.4 Å². The van der Waals surface area contributed by atoms with E-state index < -0.39 is 0 Å². The normalized spacial score (nSPS) is 13.9. The van der Waals surface area contributed by atoms with Crippen molar-refractivity contribution in [1.82, 2.24) is 9.55 Å². The first-order valence-electron chi connectivity index (χ1n) is 9.04. The number of aromatic nitrogens is 2. The predicted octanol–water partition coefficient (Wildman–Crippen LogP) is 3.71. The van der Waals surface area contributed by atoms with Crippen LogP contribution in [0.1, 0.15) is 30.7 Å². The Morgan fingerprint density at radius 3 is 2.88 bits per heavy atom. The fourth-order valence-corrected chi connectivity index (χ4v) is 3.42. The van der Waals surface area contributed by atoms with Gasteiger partial charge in [-0.05, 0) is 48.7 Å². The number of fused-ring (bicyclic) bond motifs is 2. The summed E-state index contributed by atoms with van der Waals surface area (Å²) >= 11 is 0. The molecule has 26 heavy (non-hydrogen) atoms. The average molecular weight is 350 g/mol. The summed E-state index contributed by atoms with van der Waals surface area (Å²) in [5.74, 6) is 2.38. The van der Waals surface area contributed by atoms with Gasteiger partial charge in [0.1, 0.15) is 23.9 Å². The van der Waals surface area contributed by atoms with Crippen LogP contribution in [0.4, 0.5) is 0 Å². The number of ether oxygens (including phenoxy) is 2. The molecule has 0 amide bonds. The number of nitrogens with zero attached hydrogens (tertiary/aromatic N) is 2. The molecule has 0 unspecified atom stereocenters. The van der Waals surface area contributed by atoms with Gasteiger partial charge in [-0.15, -0.1) is 0 Å². The smallest absolute Gasteiger partial charge is 0.261 e. The molecule has 0 aliphatic carbocycles. The van der Waals surface area contributed by atoms with E-state index in [-0.39, 0.29) is 5.56 Å². The Bertz CT molecular complexity index is 994. The third kappa shape index (κ3) is 3.29. The third-order valence-corrected chi connectivity index (χ3v) is 4.83. The van der Waals surface area contributed by atoms with E-state index in [9.17, 15) is 4.79 Å². The number of rotatable bonds is 4. The number of hydrogen-bond acceptors (Lipinski definition) is 4. The maximum absolute atomic E-state index is 12.9. The number of methoxy groups -OCH3 is 1. The van der Waals surface area contributed by atoms with Gasteiger partial charge in [0.15, 0.2) is 0 Å². The summed E-state index contributed by atoms with van der Waals surface area (Å²) in [6.07, 6.45) is 4.15. The van der Waals surface area contributed by atoms with Gasteiger partial charge in [-0.1, -0.05) is 18.6 Å². The van der Waals surface area contributed by atoms with Crippen LogP contribution in [0.3, 0.4) is 0 Å². The average Bonchev–Trinajstić information content (AvgIpc) is 2.92. The molecule has 5 nitrogen and oxygen atoms in total. The highest BCUT2D eigenvalue weighted by molar-refractivity contribution is 5.79. The third-order valence-electron chi connectivity index (χ3n) is 4.83. The molecule has 0 saturated heterocycles. The molecule has 0 N–H and O–H groups in total. The fraction of sp³-hybridized carbons (Fsp3) is 0.333. The molecular weight excluding hydrogens is 328 g/mol. The number of benzene rings is 2. The summed E-state index contributed by atoms with van der Waals surface area (Å²) < 4.78 is 13.0.